The van der Waals surface area contributed by atoms with Crippen molar-refractivity contribution in [2.45, 2.75) is 96.9 Å². The average molecular weight is 309 g/mol. The molecule has 0 saturated carbocycles. The van der Waals surface area contributed by atoms with Crippen LogP contribution in [0.5, 0.6) is 0 Å². The molecule has 0 saturated heterocycles. The van der Waals surface area contributed by atoms with E-state index < -0.39 is 6.23 Å². The fourth-order valence-electron chi connectivity index (χ4n) is 2.89. The number of rotatable bonds is 13. The first-order chi connectivity index (χ1) is 10.8. The number of unbranched alkanes of at least 4 members (excludes halogenated alkanes) is 10. The second-order valence-electron chi connectivity index (χ2n) is 6.41. The largest absolute Gasteiger partial charge is 0.374 e. The number of nitrogens with one attached hydrogen (secondary N) is 1. The fourth-order valence-corrected chi connectivity index (χ4v) is 2.89. The summed E-state index contributed by atoms with van der Waals surface area (Å²) in [5.74, 6) is 0. The van der Waals surface area contributed by atoms with Crippen molar-refractivity contribution < 1.29 is 5.11 Å². The Labute approximate surface area is 137 Å². The Bertz CT molecular complexity index is 313. The van der Waals surface area contributed by atoms with Crippen molar-refractivity contribution in [2.75, 3.05) is 0 Å². The summed E-state index contributed by atoms with van der Waals surface area (Å²) in [5.41, 5.74) is 0. The van der Waals surface area contributed by atoms with Crippen LogP contribution in [0.3, 0.4) is 0 Å². The lowest BCUT2D eigenvalue weighted by molar-refractivity contribution is 0.0408. The van der Waals surface area contributed by atoms with Crippen LogP contribution in [-0.4, -0.2) is 22.4 Å². The molecular weight excluding hydrogens is 272 g/mol. The maximum atomic E-state index is 9.61. The molecule has 2 atom stereocenters. The molecule has 0 aromatic carbocycles. The van der Waals surface area contributed by atoms with Gasteiger partial charge in [-0.05, 0) is 25.8 Å². The number of aliphatic hydroxyl groups is 1. The van der Waals surface area contributed by atoms with Gasteiger partial charge in [-0.25, -0.2) is 0 Å². The average Bonchev–Trinajstić information content (AvgIpc) is 2.97. The van der Waals surface area contributed by atoms with E-state index in [1.165, 1.54) is 64.2 Å². The summed E-state index contributed by atoms with van der Waals surface area (Å²) in [4.78, 5) is 1.91. The topological polar surface area (TPSA) is 35.5 Å². The maximum absolute atomic E-state index is 9.61. The first-order valence-corrected chi connectivity index (χ1v) is 9.30. The van der Waals surface area contributed by atoms with E-state index in [4.69, 9.17) is 0 Å². The molecule has 0 bridgehead atoms. The molecule has 1 aliphatic heterocycles. The van der Waals surface area contributed by atoms with Crippen LogP contribution in [0.1, 0.15) is 84.5 Å². The Morgan fingerprint density at radius 1 is 1.05 bits per heavy atom. The molecule has 0 spiro atoms. The molecule has 2 N–H and O–H groups in total. The summed E-state index contributed by atoms with van der Waals surface area (Å²) in [6.45, 7) is 4.07. The molecular formula is C19H36N2O. The van der Waals surface area contributed by atoms with Crippen LogP contribution in [0.4, 0.5) is 0 Å². The van der Waals surface area contributed by atoms with Crippen molar-refractivity contribution in [3.05, 3.63) is 24.6 Å². The smallest absolute Gasteiger partial charge is 0.125 e. The van der Waals surface area contributed by atoms with Crippen LogP contribution in [0.15, 0.2) is 24.6 Å². The highest BCUT2D eigenvalue weighted by molar-refractivity contribution is 5.04. The van der Waals surface area contributed by atoms with Crippen LogP contribution in [0.2, 0.25) is 0 Å². The zero-order valence-electron chi connectivity index (χ0n) is 14.6. The summed E-state index contributed by atoms with van der Waals surface area (Å²) >= 11 is 0. The predicted molar refractivity (Wildman–Crippen MR) is 95.2 cm³/mol. The SMILES string of the molecule is CCCCCCCCCCCC/C=C/C1NC=CN1C(C)O. The van der Waals surface area contributed by atoms with E-state index in [0.29, 0.717) is 0 Å². The van der Waals surface area contributed by atoms with Gasteiger partial charge >= 0.3 is 0 Å². The molecule has 0 aromatic rings. The molecule has 1 aliphatic rings. The minimum Gasteiger partial charge on any atom is -0.374 e. The second kappa shape index (κ2) is 12.6. The standard InChI is InChI=1S/C19H36N2O/c1-3-4-5-6-7-8-9-10-11-12-13-14-15-19-20-16-17-21(19)18(2)22/h14-20,22H,3-13H2,1-2H3/b15-14+. The van der Waals surface area contributed by atoms with Crippen molar-refractivity contribution in [1.29, 1.82) is 0 Å². The third kappa shape index (κ3) is 8.47. The van der Waals surface area contributed by atoms with E-state index in [0.717, 1.165) is 6.42 Å². The molecule has 0 amide bonds. The molecule has 0 aliphatic carbocycles. The van der Waals surface area contributed by atoms with Crippen molar-refractivity contribution in [1.82, 2.24) is 10.2 Å². The van der Waals surface area contributed by atoms with E-state index in [2.05, 4.69) is 24.4 Å². The molecule has 3 heteroatoms. The Hall–Kier alpha value is -0.960. The number of allylic oxidation sites excluding steroid dienone is 1. The maximum Gasteiger partial charge on any atom is 0.125 e. The van der Waals surface area contributed by atoms with Gasteiger partial charge in [-0.1, -0.05) is 70.8 Å². The quantitative estimate of drug-likeness (QED) is 0.375. The highest BCUT2D eigenvalue weighted by Gasteiger charge is 2.18. The van der Waals surface area contributed by atoms with Gasteiger partial charge < -0.3 is 15.3 Å². The van der Waals surface area contributed by atoms with Gasteiger partial charge in [0.25, 0.3) is 0 Å². The van der Waals surface area contributed by atoms with Gasteiger partial charge in [0, 0.05) is 12.4 Å². The summed E-state index contributed by atoms with van der Waals surface area (Å²) in [5, 5.41) is 12.8. The van der Waals surface area contributed by atoms with Gasteiger partial charge in [0.1, 0.15) is 12.4 Å². The van der Waals surface area contributed by atoms with Gasteiger partial charge in [-0.3, -0.25) is 0 Å². The zero-order chi connectivity index (χ0) is 16.0. The van der Waals surface area contributed by atoms with Gasteiger partial charge in [0.2, 0.25) is 0 Å². The van der Waals surface area contributed by atoms with Gasteiger partial charge in [-0.2, -0.15) is 0 Å². The van der Waals surface area contributed by atoms with Crippen LogP contribution in [0.25, 0.3) is 0 Å². The molecule has 0 fully saturated rings. The Balaban J connectivity index is 1.90. The third-order valence-electron chi connectivity index (χ3n) is 4.31. The van der Waals surface area contributed by atoms with E-state index in [1.807, 2.05) is 17.3 Å². The van der Waals surface area contributed by atoms with Crippen LogP contribution in [-0.2, 0) is 0 Å². The Morgan fingerprint density at radius 3 is 2.23 bits per heavy atom. The third-order valence-corrected chi connectivity index (χ3v) is 4.31. The lowest BCUT2D eigenvalue weighted by Crippen LogP contribution is -2.39. The highest BCUT2D eigenvalue weighted by Crippen LogP contribution is 2.13. The van der Waals surface area contributed by atoms with Gasteiger partial charge in [0.05, 0.1) is 0 Å². The summed E-state index contributed by atoms with van der Waals surface area (Å²) < 4.78 is 0. The van der Waals surface area contributed by atoms with Crippen LogP contribution in [0, 0.1) is 0 Å². The molecule has 22 heavy (non-hydrogen) atoms. The van der Waals surface area contributed by atoms with Crippen molar-refractivity contribution in [2.24, 2.45) is 0 Å². The molecule has 128 valence electrons. The van der Waals surface area contributed by atoms with E-state index in [9.17, 15) is 5.11 Å². The first-order valence-electron chi connectivity index (χ1n) is 9.30. The van der Waals surface area contributed by atoms with Crippen LogP contribution >= 0.6 is 0 Å². The number of hydrogen-bond acceptors (Lipinski definition) is 3. The van der Waals surface area contributed by atoms with Crippen LogP contribution < -0.4 is 5.32 Å². The van der Waals surface area contributed by atoms with Crippen molar-refractivity contribution >= 4 is 0 Å². The molecule has 1 heterocycles. The monoisotopic (exact) mass is 308 g/mol. The van der Waals surface area contributed by atoms with E-state index >= 15 is 0 Å². The molecule has 1 rings (SSSR count). The lowest BCUT2D eigenvalue weighted by atomic mass is 10.1. The number of aliphatic hydroxyl groups excluding tert-OH is 1. The first kappa shape index (κ1) is 19.1. The predicted octanol–water partition coefficient (Wildman–Crippen LogP) is 4.89. The highest BCUT2D eigenvalue weighted by atomic mass is 16.3. The fraction of sp³-hybridized carbons (Fsp3) is 0.789. The molecule has 3 nitrogen and oxygen atoms in total. The van der Waals surface area contributed by atoms with Gasteiger partial charge in [-0.15, -0.1) is 0 Å². The Morgan fingerprint density at radius 2 is 1.64 bits per heavy atom. The summed E-state index contributed by atoms with van der Waals surface area (Å²) in [7, 11) is 0. The number of hydrogen-bond donors (Lipinski definition) is 2. The minimum atomic E-state index is -0.446. The van der Waals surface area contributed by atoms with Crippen molar-refractivity contribution in [3.63, 3.8) is 0 Å². The molecule has 0 radical (unpaired) electrons. The molecule has 0 aromatic heterocycles. The summed E-state index contributed by atoms with van der Waals surface area (Å²) in [6.07, 6.45) is 22.8. The van der Waals surface area contributed by atoms with Crippen molar-refractivity contribution in [3.8, 4) is 0 Å². The Kier molecular flexibility index (Phi) is 10.9. The lowest BCUT2D eigenvalue weighted by Gasteiger charge is -2.25. The molecule has 2 unspecified atom stereocenters. The minimum absolute atomic E-state index is 0.114. The summed E-state index contributed by atoms with van der Waals surface area (Å²) in [6, 6.07) is 0. The zero-order valence-corrected chi connectivity index (χ0v) is 14.6. The second-order valence-corrected chi connectivity index (χ2v) is 6.41. The number of nitrogens with zero attached hydrogens (tertiary/aromatic N) is 1. The van der Waals surface area contributed by atoms with Gasteiger partial charge in [0.15, 0.2) is 0 Å². The normalized spacial score (nSPS) is 19.0. The van der Waals surface area contributed by atoms with E-state index in [-0.39, 0.29) is 6.17 Å². The van der Waals surface area contributed by atoms with E-state index in [1.54, 1.807) is 6.92 Å².